The van der Waals surface area contributed by atoms with Crippen LogP contribution in [-0.2, 0) is 5.41 Å². The molecule has 0 amide bonds. The van der Waals surface area contributed by atoms with Crippen LogP contribution in [0.1, 0.15) is 25.0 Å². The van der Waals surface area contributed by atoms with Crippen molar-refractivity contribution >= 4 is 53.2 Å². The predicted octanol–water partition coefficient (Wildman–Crippen LogP) is 11.4. The number of aromatic nitrogens is 1. The molecule has 2 heteroatoms. The highest BCUT2D eigenvalue weighted by atomic mass is 32.1. The molecule has 0 bridgehead atoms. The van der Waals surface area contributed by atoms with E-state index in [-0.39, 0.29) is 5.41 Å². The lowest BCUT2D eigenvalue weighted by Crippen LogP contribution is -2.14. The van der Waals surface area contributed by atoms with Gasteiger partial charge in [-0.2, -0.15) is 0 Å². The molecule has 9 rings (SSSR count). The Morgan fingerprint density at radius 2 is 1.21 bits per heavy atom. The molecule has 0 N–H and O–H groups in total. The monoisotopic (exact) mass is 553 g/mol. The quantitative estimate of drug-likeness (QED) is 0.194. The second kappa shape index (κ2) is 8.61. The summed E-state index contributed by atoms with van der Waals surface area (Å²) in [5.41, 5.74) is 11.1. The molecular weight excluding hydrogens is 527 g/mol. The highest BCUT2D eigenvalue weighted by molar-refractivity contribution is 7.26. The number of rotatable bonds is 2. The van der Waals surface area contributed by atoms with E-state index in [1.807, 2.05) is 11.3 Å². The molecule has 0 aliphatic heterocycles. The summed E-state index contributed by atoms with van der Waals surface area (Å²) in [5, 5.41) is 6.33. The summed E-state index contributed by atoms with van der Waals surface area (Å²) in [4.78, 5) is 5.33. The van der Waals surface area contributed by atoms with Crippen LogP contribution in [0.4, 0.5) is 0 Å². The molecule has 1 nitrogen and oxygen atoms in total. The Morgan fingerprint density at radius 1 is 0.500 bits per heavy atom. The van der Waals surface area contributed by atoms with Crippen LogP contribution < -0.4 is 0 Å². The minimum atomic E-state index is -0.0678. The molecule has 8 aromatic rings. The van der Waals surface area contributed by atoms with E-state index in [0.29, 0.717) is 0 Å². The number of para-hydroxylation sites is 1. The van der Waals surface area contributed by atoms with Gasteiger partial charge < -0.3 is 0 Å². The Kier molecular flexibility index (Phi) is 4.89. The van der Waals surface area contributed by atoms with Gasteiger partial charge in [-0.25, -0.2) is 4.98 Å². The molecule has 42 heavy (non-hydrogen) atoms. The average Bonchev–Trinajstić information content (AvgIpc) is 3.52. The fourth-order valence-electron chi connectivity index (χ4n) is 7.17. The summed E-state index contributed by atoms with van der Waals surface area (Å²) in [7, 11) is 0. The van der Waals surface area contributed by atoms with Gasteiger partial charge in [0.15, 0.2) is 0 Å². The Balaban J connectivity index is 1.31. The Hall–Kier alpha value is -4.79. The molecule has 0 spiro atoms. The summed E-state index contributed by atoms with van der Waals surface area (Å²) < 4.78 is 2.67. The Labute approximate surface area is 248 Å². The third kappa shape index (κ3) is 3.27. The molecular formula is C40H27NS. The van der Waals surface area contributed by atoms with Gasteiger partial charge in [-0.1, -0.05) is 111 Å². The minimum absolute atomic E-state index is 0.0678. The number of benzene rings is 6. The van der Waals surface area contributed by atoms with Crippen molar-refractivity contribution in [1.29, 1.82) is 0 Å². The molecule has 0 fully saturated rings. The van der Waals surface area contributed by atoms with E-state index in [1.165, 1.54) is 69.7 Å². The lowest BCUT2D eigenvalue weighted by Gasteiger charge is -2.22. The molecule has 1 aliphatic rings. The molecule has 2 aromatic heterocycles. The number of thiophene rings is 1. The third-order valence-corrected chi connectivity index (χ3v) is 10.5. The topological polar surface area (TPSA) is 12.9 Å². The molecule has 198 valence electrons. The van der Waals surface area contributed by atoms with Crippen LogP contribution in [0.5, 0.6) is 0 Å². The van der Waals surface area contributed by atoms with Gasteiger partial charge in [0.1, 0.15) is 0 Å². The van der Waals surface area contributed by atoms with Gasteiger partial charge in [0, 0.05) is 41.9 Å². The molecule has 2 heterocycles. The smallest absolute Gasteiger partial charge is 0.0788 e. The first-order valence-electron chi connectivity index (χ1n) is 14.6. The van der Waals surface area contributed by atoms with Crippen molar-refractivity contribution in [3.05, 3.63) is 139 Å². The van der Waals surface area contributed by atoms with E-state index >= 15 is 0 Å². The Morgan fingerprint density at radius 3 is 2.14 bits per heavy atom. The number of hydrogen-bond donors (Lipinski definition) is 0. The lowest BCUT2D eigenvalue weighted by atomic mass is 9.81. The highest BCUT2D eigenvalue weighted by Gasteiger charge is 2.35. The van der Waals surface area contributed by atoms with Crippen LogP contribution in [0.25, 0.3) is 75.4 Å². The van der Waals surface area contributed by atoms with Gasteiger partial charge >= 0.3 is 0 Å². The zero-order valence-electron chi connectivity index (χ0n) is 23.5. The van der Waals surface area contributed by atoms with Crippen LogP contribution in [-0.4, -0.2) is 4.98 Å². The van der Waals surface area contributed by atoms with Gasteiger partial charge in [-0.3, -0.25) is 0 Å². The molecule has 0 unspecified atom stereocenters. The standard InChI is InChI=1S/C40H27NS/c1-40(2)34-18-6-3-13-27(34)32-22-31-28-14-4-7-19-36(28)41-38(33(31)23-35(32)40)25-12-9-11-24(21-25)26-16-10-17-30-29-15-5-8-20-37(29)42-39(26)30/h3-23H,1-2H3. The first kappa shape index (κ1) is 23.9. The van der Waals surface area contributed by atoms with Crippen molar-refractivity contribution < 1.29 is 0 Å². The Bertz CT molecular complexity index is 2390. The number of fused-ring (bicyclic) bond motifs is 9. The van der Waals surface area contributed by atoms with E-state index in [9.17, 15) is 0 Å². The maximum atomic E-state index is 5.33. The van der Waals surface area contributed by atoms with Crippen molar-refractivity contribution in [3.63, 3.8) is 0 Å². The fraction of sp³-hybridized carbons (Fsp3) is 0.0750. The molecule has 1 aliphatic carbocycles. The number of hydrogen-bond acceptors (Lipinski definition) is 2. The summed E-state index contributed by atoms with van der Waals surface area (Å²) in [5.74, 6) is 0. The summed E-state index contributed by atoms with van der Waals surface area (Å²) in [6, 6.07) is 46.7. The zero-order chi connectivity index (χ0) is 28.0. The molecule has 0 atom stereocenters. The predicted molar refractivity (Wildman–Crippen MR) is 181 cm³/mol. The average molecular weight is 554 g/mol. The van der Waals surface area contributed by atoms with Crippen molar-refractivity contribution in [2.45, 2.75) is 19.3 Å². The highest BCUT2D eigenvalue weighted by Crippen LogP contribution is 2.51. The molecule has 6 aromatic carbocycles. The molecule has 0 saturated heterocycles. The van der Waals surface area contributed by atoms with E-state index < -0.39 is 0 Å². The van der Waals surface area contributed by atoms with E-state index in [2.05, 4.69) is 141 Å². The van der Waals surface area contributed by atoms with Crippen LogP contribution in [0.3, 0.4) is 0 Å². The van der Waals surface area contributed by atoms with Gasteiger partial charge in [0.25, 0.3) is 0 Å². The fourth-order valence-corrected chi connectivity index (χ4v) is 8.41. The van der Waals surface area contributed by atoms with Crippen molar-refractivity contribution in [1.82, 2.24) is 4.98 Å². The van der Waals surface area contributed by atoms with E-state index in [0.717, 1.165) is 16.8 Å². The second-order valence-corrected chi connectivity index (χ2v) is 13.0. The van der Waals surface area contributed by atoms with Gasteiger partial charge in [-0.15, -0.1) is 11.3 Å². The van der Waals surface area contributed by atoms with E-state index in [4.69, 9.17) is 4.98 Å². The lowest BCUT2D eigenvalue weighted by molar-refractivity contribution is 0.661. The van der Waals surface area contributed by atoms with Crippen molar-refractivity contribution in [3.8, 4) is 33.5 Å². The first-order valence-corrected chi connectivity index (χ1v) is 15.4. The SMILES string of the molecule is CC1(C)c2ccccc2-c2cc3c(cc21)c(-c1cccc(-c2cccc4c2sc2ccccc24)c1)nc1ccccc13. The largest absolute Gasteiger partial charge is 0.247 e. The van der Waals surface area contributed by atoms with Gasteiger partial charge in [0.05, 0.1) is 11.2 Å². The maximum absolute atomic E-state index is 5.33. The maximum Gasteiger partial charge on any atom is 0.0788 e. The zero-order valence-corrected chi connectivity index (χ0v) is 24.3. The van der Waals surface area contributed by atoms with Crippen molar-refractivity contribution in [2.24, 2.45) is 0 Å². The molecule has 0 saturated carbocycles. The third-order valence-electron chi connectivity index (χ3n) is 9.25. The van der Waals surface area contributed by atoms with Crippen LogP contribution in [0, 0.1) is 0 Å². The van der Waals surface area contributed by atoms with Gasteiger partial charge in [0.2, 0.25) is 0 Å². The summed E-state index contributed by atoms with van der Waals surface area (Å²) >= 11 is 1.88. The summed E-state index contributed by atoms with van der Waals surface area (Å²) in [6.45, 7) is 4.70. The normalized spacial score (nSPS) is 13.7. The van der Waals surface area contributed by atoms with Gasteiger partial charge in [-0.05, 0) is 69.1 Å². The number of pyridine rings is 1. The first-order chi connectivity index (χ1) is 20.6. The van der Waals surface area contributed by atoms with E-state index in [1.54, 1.807) is 0 Å². The summed E-state index contributed by atoms with van der Waals surface area (Å²) in [6.07, 6.45) is 0. The minimum Gasteiger partial charge on any atom is -0.247 e. The van der Waals surface area contributed by atoms with Crippen LogP contribution in [0.2, 0.25) is 0 Å². The second-order valence-electron chi connectivity index (χ2n) is 12.0. The van der Waals surface area contributed by atoms with Crippen LogP contribution >= 0.6 is 11.3 Å². The molecule has 0 radical (unpaired) electrons. The van der Waals surface area contributed by atoms with Crippen molar-refractivity contribution in [2.75, 3.05) is 0 Å². The van der Waals surface area contributed by atoms with Crippen LogP contribution in [0.15, 0.2) is 127 Å². The number of nitrogens with zero attached hydrogens (tertiary/aromatic N) is 1.